The van der Waals surface area contributed by atoms with Gasteiger partial charge in [0.2, 0.25) is 11.8 Å². The molecule has 6 nitrogen and oxygen atoms in total. The smallest absolute Gasteiger partial charge is 0.247 e. The number of primary amides is 1. The number of rotatable bonds is 7. The van der Waals surface area contributed by atoms with Crippen LogP contribution in [0.4, 0.5) is 0 Å². The first kappa shape index (κ1) is 20.7. The molecule has 0 fully saturated rings. The van der Waals surface area contributed by atoms with E-state index in [1.807, 2.05) is 0 Å². The van der Waals surface area contributed by atoms with Crippen LogP contribution in [0.25, 0.3) is 0 Å². The normalized spacial score (nSPS) is 14.4. The monoisotopic (exact) mass is 349 g/mol. The van der Waals surface area contributed by atoms with Gasteiger partial charge in [-0.15, -0.1) is 12.4 Å². The molecule has 5 N–H and O–H groups in total. The van der Waals surface area contributed by atoms with Crippen molar-refractivity contribution in [3.63, 3.8) is 0 Å². The lowest BCUT2D eigenvalue weighted by Crippen LogP contribution is -2.53. The van der Waals surface area contributed by atoms with E-state index in [1.165, 1.54) is 14.0 Å². The van der Waals surface area contributed by atoms with Crippen molar-refractivity contribution in [2.45, 2.75) is 25.0 Å². The lowest BCUT2D eigenvalue weighted by atomic mass is 9.91. The minimum Gasteiger partial charge on any atom is -0.380 e. The van der Waals surface area contributed by atoms with Crippen LogP contribution in [-0.2, 0) is 19.9 Å². The largest absolute Gasteiger partial charge is 0.380 e. The van der Waals surface area contributed by atoms with Crippen molar-refractivity contribution >= 4 is 35.8 Å². The fraction of sp³-hybridized carbons (Fsp3) is 0.429. The third-order valence-corrected chi connectivity index (χ3v) is 3.53. The fourth-order valence-electron chi connectivity index (χ4n) is 1.88. The number of benzene rings is 1. The van der Waals surface area contributed by atoms with E-state index in [0.717, 1.165) is 0 Å². The van der Waals surface area contributed by atoms with Crippen molar-refractivity contribution < 1.29 is 14.3 Å². The van der Waals surface area contributed by atoms with Gasteiger partial charge in [-0.1, -0.05) is 23.7 Å². The van der Waals surface area contributed by atoms with E-state index < -0.39 is 17.6 Å². The number of carbonyl (C=O) groups excluding carboxylic acids is 2. The predicted molar refractivity (Wildman–Crippen MR) is 87.9 cm³/mol. The van der Waals surface area contributed by atoms with Gasteiger partial charge in [-0.2, -0.15) is 0 Å². The van der Waals surface area contributed by atoms with Gasteiger partial charge in [0.15, 0.2) is 0 Å². The molecule has 0 aliphatic heterocycles. The zero-order valence-corrected chi connectivity index (χ0v) is 14.0. The number of amides is 2. The molecule has 0 spiro atoms. The van der Waals surface area contributed by atoms with Gasteiger partial charge in [0.1, 0.15) is 5.54 Å². The van der Waals surface area contributed by atoms with Crippen LogP contribution in [0.1, 0.15) is 18.9 Å². The van der Waals surface area contributed by atoms with Crippen LogP contribution < -0.4 is 16.8 Å². The summed E-state index contributed by atoms with van der Waals surface area (Å²) >= 11 is 5.92. The Hall–Kier alpha value is -1.34. The third-order valence-electron chi connectivity index (χ3n) is 3.29. The Morgan fingerprint density at radius 1 is 1.45 bits per heavy atom. The molecule has 1 aromatic carbocycles. The minimum absolute atomic E-state index is 0. The quantitative estimate of drug-likeness (QED) is 0.680. The van der Waals surface area contributed by atoms with Gasteiger partial charge in [-0.3, -0.25) is 9.59 Å². The molecule has 0 saturated heterocycles. The number of hydrogen-bond acceptors (Lipinski definition) is 4. The summed E-state index contributed by atoms with van der Waals surface area (Å²) in [7, 11) is 1.47. The van der Waals surface area contributed by atoms with Crippen molar-refractivity contribution in [1.82, 2.24) is 5.32 Å². The van der Waals surface area contributed by atoms with Crippen LogP contribution in [-0.4, -0.2) is 31.6 Å². The summed E-state index contributed by atoms with van der Waals surface area (Å²) in [6.07, 6.45) is -0.377. The van der Waals surface area contributed by atoms with E-state index >= 15 is 0 Å². The summed E-state index contributed by atoms with van der Waals surface area (Å²) in [6, 6.07) is 6.61. The standard InChI is InChI=1S/C14H20ClN3O3.ClH/c1-14(13(17)20,9-4-3-5-10(15)6-9)18-12(19)7-11(8-16)21-2;/h3-6,11H,7-8,16H2,1-2H3,(H2,17,20)(H,18,19);1H. The Balaban J connectivity index is 0.00000441. The van der Waals surface area contributed by atoms with Crippen molar-refractivity contribution in [3.8, 4) is 0 Å². The summed E-state index contributed by atoms with van der Waals surface area (Å²) in [4.78, 5) is 23.9. The third kappa shape index (κ3) is 5.14. The average molecular weight is 350 g/mol. The number of nitrogens with one attached hydrogen (secondary N) is 1. The Morgan fingerprint density at radius 3 is 2.55 bits per heavy atom. The molecule has 8 heteroatoms. The van der Waals surface area contributed by atoms with E-state index in [-0.39, 0.29) is 31.3 Å². The molecule has 1 aromatic rings. The summed E-state index contributed by atoms with van der Waals surface area (Å²) in [5.41, 5.74) is 10.1. The van der Waals surface area contributed by atoms with E-state index in [2.05, 4.69) is 5.32 Å². The molecule has 0 bridgehead atoms. The maximum atomic E-state index is 12.1. The maximum absolute atomic E-state index is 12.1. The second kappa shape index (κ2) is 8.95. The Morgan fingerprint density at radius 2 is 2.09 bits per heavy atom. The first-order valence-corrected chi connectivity index (χ1v) is 6.81. The zero-order valence-electron chi connectivity index (χ0n) is 12.5. The summed E-state index contributed by atoms with van der Waals surface area (Å²) < 4.78 is 5.05. The molecular weight excluding hydrogens is 329 g/mol. The van der Waals surface area contributed by atoms with Gasteiger partial charge >= 0.3 is 0 Å². The SMILES string of the molecule is COC(CN)CC(=O)NC(C)(C(N)=O)c1cccc(Cl)c1.Cl. The van der Waals surface area contributed by atoms with Crippen LogP contribution >= 0.6 is 24.0 Å². The van der Waals surface area contributed by atoms with E-state index in [1.54, 1.807) is 24.3 Å². The number of hydrogen-bond donors (Lipinski definition) is 3. The van der Waals surface area contributed by atoms with Crippen LogP contribution in [0.3, 0.4) is 0 Å². The molecule has 0 saturated carbocycles. The van der Waals surface area contributed by atoms with Gasteiger partial charge < -0.3 is 21.5 Å². The van der Waals surface area contributed by atoms with Crippen molar-refractivity contribution in [1.29, 1.82) is 0 Å². The van der Waals surface area contributed by atoms with Crippen LogP contribution in [0.15, 0.2) is 24.3 Å². The highest BCUT2D eigenvalue weighted by molar-refractivity contribution is 6.30. The molecule has 124 valence electrons. The van der Waals surface area contributed by atoms with Crippen molar-refractivity contribution in [3.05, 3.63) is 34.9 Å². The number of carbonyl (C=O) groups is 2. The molecule has 2 unspecified atom stereocenters. The summed E-state index contributed by atoms with van der Waals surface area (Å²) in [5.74, 6) is -1.06. The summed E-state index contributed by atoms with van der Waals surface area (Å²) in [6.45, 7) is 1.73. The van der Waals surface area contributed by atoms with E-state index in [0.29, 0.717) is 10.6 Å². The lowest BCUT2D eigenvalue weighted by Gasteiger charge is -2.28. The highest BCUT2D eigenvalue weighted by Crippen LogP contribution is 2.23. The molecule has 1 rings (SSSR count). The molecule has 2 amide bonds. The second-order valence-corrected chi connectivity index (χ2v) is 5.28. The molecule has 22 heavy (non-hydrogen) atoms. The molecule has 0 radical (unpaired) electrons. The molecule has 0 aliphatic rings. The number of methoxy groups -OCH3 is 1. The first-order chi connectivity index (χ1) is 9.83. The van der Waals surface area contributed by atoms with Gasteiger partial charge in [0.25, 0.3) is 0 Å². The molecule has 0 heterocycles. The van der Waals surface area contributed by atoms with Crippen molar-refractivity contribution in [2.24, 2.45) is 11.5 Å². The Labute approximate surface area is 140 Å². The predicted octanol–water partition coefficient (Wildman–Crippen LogP) is 0.942. The highest BCUT2D eigenvalue weighted by Gasteiger charge is 2.35. The summed E-state index contributed by atoms with van der Waals surface area (Å²) in [5, 5.41) is 3.08. The fourth-order valence-corrected chi connectivity index (χ4v) is 2.07. The van der Waals surface area contributed by atoms with Crippen LogP contribution in [0.5, 0.6) is 0 Å². The molecule has 2 atom stereocenters. The maximum Gasteiger partial charge on any atom is 0.247 e. The molecule has 0 aromatic heterocycles. The van der Waals surface area contributed by atoms with Crippen LogP contribution in [0, 0.1) is 0 Å². The van der Waals surface area contributed by atoms with Gasteiger partial charge in [0.05, 0.1) is 12.5 Å². The minimum atomic E-state index is -1.35. The molecular formula is C14H21Cl2N3O3. The Kier molecular flexibility index (Phi) is 8.40. The van der Waals surface area contributed by atoms with E-state index in [4.69, 9.17) is 27.8 Å². The zero-order chi connectivity index (χ0) is 16.0. The van der Waals surface area contributed by atoms with Crippen molar-refractivity contribution in [2.75, 3.05) is 13.7 Å². The number of halogens is 2. The lowest BCUT2D eigenvalue weighted by molar-refractivity contribution is -0.132. The topological polar surface area (TPSA) is 107 Å². The van der Waals surface area contributed by atoms with Gasteiger partial charge in [0, 0.05) is 18.7 Å². The number of nitrogens with two attached hydrogens (primary N) is 2. The first-order valence-electron chi connectivity index (χ1n) is 6.43. The highest BCUT2D eigenvalue weighted by atomic mass is 35.5. The van der Waals surface area contributed by atoms with Gasteiger partial charge in [-0.05, 0) is 24.6 Å². The van der Waals surface area contributed by atoms with Crippen LogP contribution in [0.2, 0.25) is 5.02 Å². The van der Waals surface area contributed by atoms with E-state index in [9.17, 15) is 9.59 Å². The number of ether oxygens (including phenoxy) is 1. The average Bonchev–Trinajstić information content (AvgIpc) is 2.44. The molecule has 0 aliphatic carbocycles. The van der Waals surface area contributed by atoms with Gasteiger partial charge in [-0.25, -0.2) is 0 Å². The Bertz CT molecular complexity index is 524. The second-order valence-electron chi connectivity index (χ2n) is 4.85.